The largest absolute Gasteiger partial charge is 0.416 e. The zero-order valence-corrected chi connectivity index (χ0v) is 20.6. The first-order chi connectivity index (χ1) is 18.3. The number of nitrogens with zero attached hydrogens (tertiary/aromatic N) is 6. The molecule has 9 nitrogen and oxygen atoms in total. The normalized spacial score (nSPS) is 16.3. The number of hydrogen-bond donors (Lipinski definition) is 2. The van der Waals surface area contributed by atoms with E-state index in [-0.39, 0.29) is 5.91 Å². The molecular weight excluding hydrogens is 517 g/mol. The number of thiazole rings is 1. The number of hydrogen-bond acceptors (Lipinski definition) is 8. The number of aromatic nitrogens is 5. The molecule has 1 aliphatic rings. The molecule has 1 amide bonds. The van der Waals surface area contributed by atoms with Crippen LogP contribution < -0.4 is 15.5 Å². The summed E-state index contributed by atoms with van der Waals surface area (Å²) >= 11 is 1.57. The van der Waals surface area contributed by atoms with Crippen LogP contribution in [0.1, 0.15) is 11.1 Å². The molecule has 3 aromatic heterocycles. The second kappa shape index (κ2) is 9.65. The van der Waals surface area contributed by atoms with Crippen molar-refractivity contribution >= 4 is 44.3 Å². The molecule has 0 aliphatic carbocycles. The standard InChI is InChI=1S/C25H21F3N8OS/c26-25(27,28)16-2-4-17(5-3-16)36-11-18-22(34-36)31-13-32-23(18)35-8-7-29-20(12-35)24(37)30-10-15-1-6-21-19(9-15)33-14-38-21/h1-6,9,11,13-14,20,29H,7-8,10,12H2,(H,30,37)/t20-/m1/s1. The average molecular weight is 539 g/mol. The zero-order chi connectivity index (χ0) is 26.3. The number of carbonyl (C=O) groups is 1. The number of benzene rings is 2. The highest BCUT2D eigenvalue weighted by Gasteiger charge is 2.30. The van der Waals surface area contributed by atoms with Crippen molar-refractivity contribution in [2.45, 2.75) is 18.8 Å². The van der Waals surface area contributed by atoms with Gasteiger partial charge in [0.25, 0.3) is 0 Å². The van der Waals surface area contributed by atoms with Gasteiger partial charge in [0.05, 0.1) is 32.4 Å². The number of anilines is 1. The number of nitrogens with one attached hydrogen (secondary N) is 2. The van der Waals surface area contributed by atoms with Crippen molar-refractivity contribution in [3.05, 3.63) is 71.6 Å². The molecule has 4 heterocycles. The molecule has 2 N–H and O–H groups in total. The molecule has 5 aromatic rings. The molecule has 38 heavy (non-hydrogen) atoms. The van der Waals surface area contributed by atoms with Crippen molar-refractivity contribution in [3.63, 3.8) is 0 Å². The average Bonchev–Trinajstić information content (AvgIpc) is 3.58. The van der Waals surface area contributed by atoms with Crippen molar-refractivity contribution in [2.24, 2.45) is 0 Å². The van der Waals surface area contributed by atoms with E-state index in [0.717, 1.165) is 27.9 Å². The van der Waals surface area contributed by atoms with Gasteiger partial charge in [-0.05, 0) is 42.0 Å². The zero-order valence-electron chi connectivity index (χ0n) is 19.8. The summed E-state index contributed by atoms with van der Waals surface area (Å²) in [4.78, 5) is 28.0. The van der Waals surface area contributed by atoms with Crippen LogP contribution in [0.15, 0.2) is 60.5 Å². The van der Waals surface area contributed by atoms with E-state index >= 15 is 0 Å². The maximum atomic E-state index is 13.0. The van der Waals surface area contributed by atoms with Crippen LogP contribution in [0, 0.1) is 0 Å². The van der Waals surface area contributed by atoms with Gasteiger partial charge >= 0.3 is 6.18 Å². The Bertz CT molecular complexity index is 1610. The van der Waals surface area contributed by atoms with Crippen LogP contribution in [-0.2, 0) is 17.5 Å². The van der Waals surface area contributed by atoms with Crippen LogP contribution in [0.2, 0.25) is 0 Å². The highest BCUT2D eigenvalue weighted by Crippen LogP contribution is 2.30. The van der Waals surface area contributed by atoms with Crippen LogP contribution in [-0.4, -0.2) is 56.3 Å². The second-order valence-electron chi connectivity index (χ2n) is 8.88. The number of fused-ring (bicyclic) bond motifs is 2. The van der Waals surface area contributed by atoms with E-state index < -0.39 is 17.8 Å². The Morgan fingerprint density at radius 1 is 1.13 bits per heavy atom. The minimum absolute atomic E-state index is 0.126. The molecule has 1 atom stereocenters. The van der Waals surface area contributed by atoms with Gasteiger partial charge in [0.1, 0.15) is 18.2 Å². The molecule has 0 spiro atoms. The predicted molar refractivity (Wildman–Crippen MR) is 137 cm³/mol. The SMILES string of the molecule is O=C(NCc1ccc2scnc2c1)[C@H]1CN(c2ncnc3nn(-c4ccc(C(F)(F)F)cc4)cc23)CCN1. The van der Waals surface area contributed by atoms with Crippen LogP contribution in [0.25, 0.3) is 26.9 Å². The van der Waals surface area contributed by atoms with Gasteiger partial charge in [0.15, 0.2) is 5.65 Å². The molecule has 0 bridgehead atoms. The van der Waals surface area contributed by atoms with Crippen molar-refractivity contribution in [3.8, 4) is 5.69 Å². The molecule has 1 saturated heterocycles. The van der Waals surface area contributed by atoms with Crippen LogP contribution in [0.3, 0.4) is 0 Å². The molecule has 6 rings (SSSR count). The molecular formula is C25H21F3N8OS. The summed E-state index contributed by atoms with van der Waals surface area (Å²) in [5, 5.41) is 11.3. The van der Waals surface area contributed by atoms with Crippen LogP contribution >= 0.6 is 11.3 Å². The predicted octanol–water partition coefficient (Wildman–Crippen LogP) is 3.54. The third-order valence-corrected chi connectivity index (χ3v) is 7.22. The van der Waals surface area contributed by atoms with Gasteiger partial charge in [0, 0.05) is 32.4 Å². The summed E-state index contributed by atoms with van der Waals surface area (Å²) in [5.74, 6) is 0.486. The van der Waals surface area contributed by atoms with Gasteiger partial charge in [-0.15, -0.1) is 16.4 Å². The van der Waals surface area contributed by atoms with E-state index in [1.807, 2.05) is 23.1 Å². The van der Waals surface area contributed by atoms with Gasteiger partial charge in [-0.25, -0.2) is 19.6 Å². The highest BCUT2D eigenvalue weighted by atomic mass is 32.1. The lowest BCUT2D eigenvalue weighted by Crippen LogP contribution is -2.57. The summed E-state index contributed by atoms with van der Waals surface area (Å²) in [6.45, 7) is 1.96. The fourth-order valence-electron chi connectivity index (χ4n) is 4.46. The van der Waals surface area contributed by atoms with E-state index in [9.17, 15) is 18.0 Å². The Morgan fingerprint density at radius 3 is 2.79 bits per heavy atom. The van der Waals surface area contributed by atoms with Gasteiger partial charge in [0.2, 0.25) is 5.91 Å². The lowest BCUT2D eigenvalue weighted by molar-refractivity contribution is -0.137. The minimum Gasteiger partial charge on any atom is -0.353 e. The van der Waals surface area contributed by atoms with E-state index in [1.165, 1.54) is 23.1 Å². The van der Waals surface area contributed by atoms with Crippen molar-refractivity contribution in [1.82, 2.24) is 35.4 Å². The van der Waals surface area contributed by atoms with Gasteiger partial charge in [-0.3, -0.25) is 4.79 Å². The molecule has 2 aromatic carbocycles. The fraction of sp³-hybridized carbons (Fsp3) is 0.240. The number of halogens is 3. The third kappa shape index (κ3) is 4.77. The third-order valence-electron chi connectivity index (χ3n) is 6.41. The molecule has 13 heteroatoms. The maximum absolute atomic E-state index is 13.0. The summed E-state index contributed by atoms with van der Waals surface area (Å²) in [6.07, 6.45) is -1.32. The summed E-state index contributed by atoms with van der Waals surface area (Å²) in [6, 6.07) is 10.2. The highest BCUT2D eigenvalue weighted by molar-refractivity contribution is 7.16. The fourth-order valence-corrected chi connectivity index (χ4v) is 5.12. The first-order valence-corrected chi connectivity index (χ1v) is 12.7. The van der Waals surface area contributed by atoms with Gasteiger partial charge in [-0.2, -0.15) is 13.2 Å². The Balaban J connectivity index is 1.17. The van der Waals surface area contributed by atoms with Crippen molar-refractivity contribution in [2.75, 3.05) is 24.5 Å². The molecule has 0 radical (unpaired) electrons. The maximum Gasteiger partial charge on any atom is 0.416 e. The van der Waals surface area contributed by atoms with Crippen molar-refractivity contribution in [1.29, 1.82) is 0 Å². The first kappa shape index (κ1) is 24.2. The van der Waals surface area contributed by atoms with E-state index in [1.54, 1.807) is 23.0 Å². The number of alkyl halides is 3. The minimum atomic E-state index is -4.41. The lowest BCUT2D eigenvalue weighted by atomic mass is 10.1. The summed E-state index contributed by atoms with van der Waals surface area (Å²) < 4.78 is 41.4. The van der Waals surface area contributed by atoms with Crippen molar-refractivity contribution < 1.29 is 18.0 Å². The Morgan fingerprint density at radius 2 is 1.97 bits per heavy atom. The Labute approximate surface area is 218 Å². The quantitative estimate of drug-likeness (QED) is 0.353. The number of carbonyl (C=O) groups excluding carboxylic acids is 1. The first-order valence-electron chi connectivity index (χ1n) is 11.8. The van der Waals surface area contributed by atoms with E-state index in [4.69, 9.17) is 0 Å². The Kier molecular flexibility index (Phi) is 6.16. The monoisotopic (exact) mass is 538 g/mol. The van der Waals surface area contributed by atoms with E-state index in [2.05, 4.69) is 30.7 Å². The topological polar surface area (TPSA) is 101 Å². The van der Waals surface area contributed by atoms with Crippen LogP contribution in [0.4, 0.5) is 19.0 Å². The van der Waals surface area contributed by atoms with Gasteiger partial charge in [-0.1, -0.05) is 6.07 Å². The second-order valence-corrected chi connectivity index (χ2v) is 9.76. The molecule has 0 saturated carbocycles. The number of amides is 1. The number of piperazine rings is 1. The van der Waals surface area contributed by atoms with Crippen LogP contribution in [0.5, 0.6) is 0 Å². The Hall–Kier alpha value is -4.10. The summed E-state index contributed by atoms with van der Waals surface area (Å²) in [7, 11) is 0. The molecule has 1 aliphatic heterocycles. The molecule has 194 valence electrons. The molecule has 1 fully saturated rings. The summed E-state index contributed by atoms with van der Waals surface area (Å²) in [5.41, 5.74) is 3.82. The smallest absolute Gasteiger partial charge is 0.353 e. The number of rotatable bonds is 5. The van der Waals surface area contributed by atoms with Gasteiger partial charge < -0.3 is 15.5 Å². The lowest BCUT2D eigenvalue weighted by Gasteiger charge is -2.33. The van der Waals surface area contributed by atoms with E-state index in [0.29, 0.717) is 48.7 Å². The molecule has 0 unspecified atom stereocenters.